The van der Waals surface area contributed by atoms with Gasteiger partial charge in [0, 0.05) is 12.3 Å². The van der Waals surface area contributed by atoms with Crippen molar-refractivity contribution < 1.29 is 12.8 Å². The predicted molar refractivity (Wildman–Crippen MR) is 74.1 cm³/mol. The lowest BCUT2D eigenvalue weighted by Crippen LogP contribution is -2.13. The van der Waals surface area contributed by atoms with Crippen molar-refractivity contribution in [1.82, 2.24) is 4.98 Å². The molecular formula is C11H12BrN3O3S. The SMILES string of the molecule is Cc1ccncc1NS(=O)(=O)c1cc(CN)oc1Br. The lowest BCUT2D eigenvalue weighted by atomic mass is 10.3. The molecule has 0 amide bonds. The lowest BCUT2D eigenvalue weighted by molar-refractivity contribution is 0.484. The van der Waals surface area contributed by atoms with Gasteiger partial charge < -0.3 is 10.2 Å². The molecule has 102 valence electrons. The highest BCUT2D eigenvalue weighted by atomic mass is 79.9. The van der Waals surface area contributed by atoms with Crippen molar-refractivity contribution in [3.05, 3.63) is 40.5 Å². The standard InChI is InChI=1S/C11H12BrN3O3S/c1-7-2-3-14-6-9(7)15-19(16,17)10-4-8(5-13)18-11(10)12/h2-4,6,15H,5,13H2,1H3. The van der Waals surface area contributed by atoms with Gasteiger partial charge in [-0.3, -0.25) is 9.71 Å². The molecular weight excluding hydrogens is 334 g/mol. The molecule has 0 aromatic carbocycles. The molecule has 0 fully saturated rings. The first-order valence-corrected chi connectivity index (χ1v) is 7.63. The van der Waals surface area contributed by atoms with E-state index in [0.29, 0.717) is 11.4 Å². The fourth-order valence-electron chi connectivity index (χ4n) is 1.45. The molecule has 0 atom stereocenters. The number of furan rings is 1. The first kappa shape index (κ1) is 14.0. The number of pyridine rings is 1. The summed E-state index contributed by atoms with van der Waals surface area (Å²) in [4.78, 5) is 3.90. The molecule has 2 heterocycles. The Labute approximate surface area is 119 Å². The van der Waals surface area contributed by atoms with E-state index in [1.165, 1.54) is 12.3 Å². The molecule has 8 heteroatoms. The second-order valence-corrected chi connectivity index (χ2v) is 6.22. The van der Waals surface area contributed by atoms with Gasteiger partial charge in [-0.2, -0.15) is 0 Å². The van der Waals surface area contributed by atoms with Crippen LogP contribution in [0, 0.1) is 6.92 Å². The number of nitrogens with two attached hydrogens (primary N) is 1. The van der Waals surface area contributed by atoms with Crippen LogP contribution in [0.4, 0.5) is 5.69 Å². The second-order valence-electron chi connectivity index (χ2n) is 3.85. The summed E-state index contributed by atoms with van der Waals surface area (Å²) in [6.45, 7) is 1.91. The molecule has 6 nitrogen and oxygen atoms in total. The molecule has 19 heavy (non-hydrogen) atoms. The first-order chi connectivity index (χ1) is 8.94. The van der Waals surface area contributed by atoms with Crippen molar-refractivity contribution in [3.8, 4) is 0 Å². The molecule has 0 saturated heterocycles. The monoisotopic (exact) mass is 345 g/mol. The number of anilines is 1. The summed E-state index contributed by atoms with van der Waals surface area (Å²) >= 11 is 3.07. The molecule has 2 aromatic rings. The Balaban J connectivity index is 2.38. The van der Waals surface area contributed by atoms with Crippen LogP contribution in [0.25, 0.3) is 0 Å². The van der Waals surface area contributed by atoms with Crippen LogP contribution in [0.2, 0.25) is 0 Å². The summed E-state index contributed by atoms with van der Waals surface area (Å²) in [5.41, 5.74) is 6.61. The van der Waals surface area contributed by atoms with Crippen molar-refractivity contribution in [2.24, 2.45) is 5.73 Å². The Hall–Kier alpha value is -1.38. The normalized spacial score (nSPS) is 11.5. The Morgan fingerprint density at radius 2 is 2.26 bits per heavy atom. The summed E-state index contributed by atoms with van der Waals surface area (Å²) in [7, 11) is -3.74. The van der Waals surface area contributed by atoms with Crippen LogP contribution in [0.5, 0.6) is 0 Å². The molecule has 0 aliphatic carbocycles. The molecule has 0 aliphatic rings. The summed E-state index contributed by atoms with van der Waals surface area (Å²) < 4.78 is 32.2. The number of nitrogens with zero attached hydrogens (tertiary/aromatic N) is 1. The Bertz CT molecular complexity index is 697. The van der Waals surface area contributed by atoms with E-state index in [2.05, 4.69) is 25.6 Å². The molecule has 0 saturated carbocycles. The number of aryl methyl sites for hydroxylation is 1. The van der Waals surface area contributed by atoms with Gasteiger partial charge in [0.1, 0.15) is 10.7 Å². The van der Waals surface area contributed by atoms with Gasteiger partial charge in [0.05, 0.1) is 18.4 Å². The highest BCUT2D eigenvalue weighted by Gasteiger charge is 2.22. The van der Waals surface area contributed by atoms with Crippen molar-refractivity contribution in [1.29, 1.82) is 0 Å². The van der Waals surface area contributed by atoms with Crippen LogP contribution >= 0.6 is 15.9 Å². The lowest BCUT2D eigenvalue weighted by Gasteiger charge is -2.08. The molecule has 0 aliphatic heterocycles. The fourth-order valence-corrected chi connectivity index (χ4v) is 3.57. The highest BCUT2D eigenvalue weighted by Crippen LogP contribution is 2.28. The molecule has 0 unspecified atom stereocenters. The van der Waals surface area contributed by atoms with E-state index in [9.17, 15) is 8.42 Å². The molecule has 0 spiro atoms. The number of halogens is 1. The van der Waals surface area contributed by atoms with Crippen molar-refractivity contribution in [2.45, 2.75) is 18.4 Å². The van der Waals surface area contributed by atoms with Gasteiger partial charge in [-0.25, -0.2) is 8.42 Å². The Morgan fingerprint density at radius 1 is 1.53 bits per heavy atom. The van der Waals surface area contributed by atoms with Gasteiger partial charge in [0.15, 0.2) is 4.67 Å². The number of hydrogen-bond acceptors (Lipinski definition) is 5. The van der Waals surface area contributed by atoms with Crippen molar-refractivity contribution >= 4 is 31.6 Å². The van der Waals surface area contributed by atoms with Crippen LogP contribution in [0.3, 0.4) is 0 Å². The van der Waals surface area contributed by atoms with Gasteiger partial charge in [-0.05, 0) is 34.5 Å². The minimum Gasteiger partial charge on any atom is -0.452 e. The van der Waals surface area contributed by atoms with E-state index in [0.717, 1.165) is 5.56 Å². The third-order valence-corrected chi connectivity index (χ3v) is 4.70. The van der Waals surface area contributed by atoms with Crippen molar-refractivity contribution in [3.63, 3.8) is 0 Å². The zero-order valence-corrected chi connectivity index (χ0v) is 12.5. The number of hydrogen-bond donors (Lipinski definition) is 2. The zero-order valence-electron chi connectivity index (χ0n) is 10.1. The van der Waals surface area contributed by atoms with Crippen LogP contribution in [-0.4, -0.2) is 13.4 Å². The van der Waals surface area contributed by atoms with E-state index < -0.39 is 10.0 Å². The molecule has 0 bridgehead atoms. The molecule has 3 N–H and O–H groups in total. The summed E-state index contributed by atoms with van der Waals surface area (Å²) in [6.07, 6.45) is 3.04. The van der Waals surface area contributed by atoms with E-state index in [4.69, 9.17) is 10.2 Å². The first-order valence-electron chi connectivity index (χ1n) is 5.36. The Morgan fingerprint density at radius 3 is 2.84 bits per heavy atom. The Kier molecular flexibility index (Phi) is 3.93. The minimum absolute atomic E-state index is 0.0104. The quantitative estimate of drug-likeness (QED) is 0.882. The second kappa shape index (κ2) is 5.32. The number of aromatic nitrogens is 1. The molecule has 2 aromatic heterocycles. The van der Waals surface area contributed by atoms with Crippen molar-refractivity contribution in [2.75, 3.05) is 4.72 Å². The average Bonchev–Trinajstić information content (AvgIpc) is 2.74. The maximum atomic E-state index is 12.2. The summed E-state index contributed by atoms with van der Waals surface area (Å²) in [5.74, 6) is 0.384. The molecule has 2 rings (SSSR count). The van der Waals surface area contributed by atoms with Crippen LogP contribution in [0.1, 0.15) is 11.3 Å². The van der Waals surface area contributed by atoms with E-state index >= 15 is 0 Å². The highest BCUT2D eigenvalue weighted by molar-refractivity contribution is 9.10. The average molecular weight is 346 g/mol. The van der Waals surface area contributed by atoms with Crippen LogP contribution in [0.15, 0.2) is 38.5 Å². The number of nitrogens with one attached hydrogen (secondary N) is 1. The number of sulfonamides is 1. The van der Waals surface area contributed by atoms with Crippen LogP contribution < -0.4 is 10.5 Å². The number of rotatable bonds is 4. The van der Waals surface area contributed by atoms with Gasteiger partial charge in [-0.15, -0.1) is 0 Å². The van der Waals surface area contributed by atoms with Gasteiger partial charge in [0.25, 0.3) is 10.0 Å². The van der Waals surface area contributed by atoms with E-state index in [1.807, 2.05) is 0 Å². The van der Waals surface area contributed by atoms with Crippen LogP contribution in [-0.2, 0) is 16.6 Å². The van der Waals surface area contributed by atoms with Gasteiger partial charge >= 0.3 is 0 Å². The molecule has 0 radical (unpaired) electrons. The minimum atomic E-state index is -3.74. The maximum absolute atomic E-state index is 12.2. The summed E-state index contributed by atoms with van der Waals surface area (Å²) in [5, 5.41) is 0. The zero-order chi connectivity index (χ0) is 14.0. The van der Waals surface area contributed by atoms with E-state index in [-0.39, 0.29) is 16.1 Å². The largest absolute Gasteiger partial charge is 0.452 e. The fraction of sp³-hybridized carbons (Fsp3) is 0.182. The third kappa shape index (κ3) is 2.96. The topological polar surface area (TPSA) is 98.2 Å². The smallest absolute Gasteiger partial charge is 0.266 e. The maximum Gasteiger partial charge on any atom is 0.266 e. The predicted octanol–water partition coefficient (Wildman–Crippen LogP) is 2.01. The van der Waals surface area contributed by atoms with Gasteiger partial charge in [0.2, 0.25) is 0 Å². The van der Waals surface area contributed by atoms with E-state index in [1.54, 1.807) is 19.2 Å². The summed E-state index contributed by atoms with van der Waals surface area (Å²) in [6, 6.07) is 3.10. The third-order valence-electron chi connectivity index (χ3n) is 2.48. The van der Waals surface area contributed by atoms with Gasteiger partial charge in [-0.1, -0.05) is 0 Å².